The maximum absolute atomic E-state index is 12.2. The standard InChI is InChI=1S/C19H18N2O3/c1-13-4-2-3-5-16(13)17(22)10-21-19(23)15-8-6-14(7-9-15)18-11-20-12-24-18/h2-9,11-12,17,22H,10H2,1H3,(H,21,23)/t17-/m1/s1. The molecule has 0 saturated carbocycles. The average Bonchev–Trinajstić information content (AvgIpc) is 3.14. The third-order valence-corrected chi connectivity index (χ3v) is 3.87. The lowest BCUT2D eigenvalue weighted by atomic mass is 10.0. The predicted molar refractivity (Wildman–Crippen MR) is 90.4 cm³/mol. The smallest absolute Gasteiger partial charge is 0.251 e. The summed E-state index contributed by atoms with van der Waals surface area (Å²) in [7, 11) is 0. The van der Waals surface area contributed by atoms with E-state index in [0.29, 0.717) is 11.3 Å². The second-order valence-corrected chi connectivity index (χ2v) is 5.53. The quantitative estimate of drug-likeness (QED) is 0.757. The molecule has 122 valence electrons. The van der Waals surface area contributed by atoms with Gasteiger partial charge < -0.3 is 14.8 Å². The second-order valence-electron chi connectivity index (χ2n) is 5.53. The van der Waals surface area contributed by atoms with Crippen LogP contribution in [0.5, 0.6) is 0 Å². The maximum atomic E-state index is 12.2. The summed E-state index contributed by atoms with van der Waals surface area (Å²) in [6.07, 6.45) is 2.25. The fourth-order valence-corrected chi connectivity index (χ4v) is 2.51. The number of nitrogens with one attached hydrogen (secondary N) is 1. The monoisotopic (exact) mass is 322 g/mol. The minimum absolute atomic E-state index is 0.160. The van der Waals surface area contributed by atoms with Crippen molar-refractivity contribution in [2.75, 3.05) is 6.54 Å². The number of hydrogen-bond acceptors (Lipinski definition) is 4. The molecule has 2 aromatic carbocycles. The zero-order valence-electron chi connectivity index (χ0n) is 13.3. The average molecular weight is 322 g/mol. The lowest BCUT2D eigenvalue weighted by molar-refractivity contribution is 0.0916. The Kier molecular flexibility index (Phi) is 4.72. The van der Waals surface area contributed by atoms with E-state index in [9.17, 15) is 9.90 Å². The molecule has 5 nitrogen and oxygen atoms in total. The fourth-order valence-electron chi connectivity index (χ4n) is 2.51. The van der Waals surface area contributed by atoms with Crippen LogP contribution in [0.2, 0.25) is 0 Å². The summed E-state index contributed by atoms with van der Waals surface area (Å²) in [5, 5.41) is 13.0. The van der Waals surface area contributed by atoms with E-state index in [4.69, 9.17) is 4.42 Å². The second kappa shape index (κ2) is 7.10. The Morgan fingerprint density at radius 1 is 1.21 bits per heavy atom. The first-order chi connectivity index (χ1) is 11.6. The van der Waals surface area contributed by atoms with Crippen molar-refractivity contribution in [2.24, 2.45) is 0 Å². The van der Waals surface area contributed by atoms with Crippen LogP contribution in [0.15, 0.2) is 65.5 Å². The van der Waals surface area contributed by atoms with Gasteiger partial charge in [0.25, 0.3) is 5.91 Å². The normalized spacial score (nSPS) is 11.9. The molecule has 5 heteroatoms. The molecule has 0 aliphatic carbocycles. The molecule has 1 atom stereocenters. The number of nitrogens with zero attached hydrogens (tertiary/aromatic N) is 1. The molecule has 2 N–H and O–H groups in total. The summed E-state index contributed by atoms with van der Waals surface area (Å²) in [4.78, 5) is 16.1. The number of aromatic nitrogens is 1. The van der Waals surface area contributed by atoms with Crippen LogP contribution in [-0.4, -0.2) is 22.5 Å². The number of carbonyl (C=O) groups excluding carboxylic acids is 1. The van der Waals surface area contributed by atoms with E-state index < -0.39 is 6.10 Å². The highest BCUT2D eigenvalue weighted by atomic mass is 16.3. The molecule has 0 bridgehead atoms. The minimum atomic E-state index is -0.733. The van der Waals surface area contributed by atoms with Crippen LogP contribution in [0.25, 0.3) is 11.3 Å². The highest BCUT2D eigenvalue weighted by Gasteiger charge is 2.12. The molecule has 0 spiro atoms. The molecular formula is C19H18N2O3. The number of aliphatic hydroxyl groups excluding tert-OH is 1. The summed E-state index contributed by atoms with van der Waals surface area (Å²) in [6, 6.07) is 14.6. The van der Waals surface area contributed by atoms with E-state index in [2.05, 4.69) is 10.3 Å². The molecule has 0 fully saturated rings. The molecule has 1 heterocycles. The molecule has 1 amide bonds. The number of aliphatic hydroxyl groups is 1. The van der Waals surface area contributed by atoms with Crippen LogP contribution >= 0.6 is 0 Å². The number of amides is 1. The van der Waals surface area contributed by atoms with Gasteiger partial charge in [0.05, 0.1) is 12.3 Å². The topological polar surface area (TPSA) is 75.4 Å². The van der Waals surface area contributed by atoms with E-state index in [1.54, 1.807) is 30.5 Å². The van der Waals surface area contributed by atoms with Gasteiger partial charge in [-0.1, -0.05) is 36.4 Å². The van der Waals surface area contributed by atoms with Crippen LogP contribution in [0.4, 0.5) is 0 Å². The zero-order valence-corrected chi connectivity index (χ0v) is 13.3. The van der Waals surface area contributed by atoms with Crippen LogP contribution in [0.1, 0.15) is 27.6 Å². The largest absolute Gasteiger partial charge is 0.444 e. The van der Waals surface area contributed by atoms with E-state index in [0.717, 1.165) is 16.7 Å². The third-order valence-electron chi connectivity index (χ3n) is 3.87. The molecular weight excluding hydrogens is 304 g/mol. The maximum Gasteiger partial charge on any atom is 0.251 e. The Hall–Kier alpha value is -2.92. The zero-order chi connectivity index (χ0) is 16.9. The van der Waals surface area contributed by atoms with Gasteiger partial charge in [-0.2, -0.15) is 0 Å². The van der Waals surface area contributed by atoms with Crippen molar-refractivity contribution < 1.29 is 14.3 Å². The Morgan fingerprint density at radius 3 is 2.62 bits per heavy atom. The van der Waals surface area contributed by atoms with Gasteiger partial charge in [0, 0.05) is 17.7 Å². The lowest BCUT2D eigenvalue weighted by Gasteiger charge is -2.14. The summed E-state index contributed by atoms with van der Waals surface area (Å²) >= 11 is 0. The number of hydrogen-bond donors (Lipinski definition) is 2. The number of oxazole rings is 1. The molecule has 0 aliphatic heterocycles. The van der Waals surface area contributed by atoms with Crippen molar-refractivity contribution in [3.8, 4) is 11.3 Å². The van der Waals surface area contributed by atoms with Gasteiger partial charge in [-0.05, 0) is 30.2 Å². The number of rotatable bonds is 5. The molecule has 3 rings (SSSR count). The van der Waals surface area contributed by atoms with Crippen molar-refractivity contribution >= 4 is 5.91 Å². The lowest BCUT2D eigenvalue weighted by Crippen LogP contribution is -2.28. The van der Waals surface area contributed by atoms with Gasteiger partial charge in [-0.25, -0.2) is 4.98 Å². The minimum Gasteiger partial charge on any atom is -0.444 e. The summed E-state index contributed by atoms with van der Waals surface area (Å²) < 4.78 is 5.21. The molecule has 0 radical (unpaired) electrons. The Bertz CT molecular complexity index is 811. The van der Waals surface area contributed by atoms with Crippen LogP contribution in [0, 0.1) is 6.92 Å². The van der Waals surface area contributed by atoms with Crippen molar-refractivity contribution in [1.82, 2.24) is 10.3 Å². The van der Waals surface area contributed by atoms with Crippen LogP contribution < -0.4 is 5.32 Å². The molecule has 3 aromatic rings. The van der Waals surface area contributed by atoms with Crippen molar-refractivity contribution in [2.45, 2.75) is 13.0 Å². The number of benzene rings is 2. The van der Waals surface area contributed by atoms with Gasteiger partial charge in [0.15, 0.2) is 12.2 Å². The first-order valence-electron chi connectivity index (χ1n) is 7.66. The van der Waals surface area contributed by atoms with E-state index >= 15 is 0 Å². The van der Waals surface area contributed by atoms with E-state index in [1.807, 2.05) is 31.2 Å². The van der Waals surface area contributed by atoms with Crippen molar-refractivity contribution in [3.63, 3.8) is 0 Å². The summed E-state index contributed by atoms with van der Waals surface area (Å²) in [5.74, 6) is 0.420. The van der Waals surface area contributed by atoms with Crippen molar-refractivity contribution in [3.05, 3.63) is 77.8 Å². The number of aryl methyl sites for hydroxylation is 1. The SMILES string of the molecule is Cc1ccccc1[C@H](O)CNC(=O)c1ccc(-c2cnco2)cc1. The van der Waals surface area contributed by atoms with Gasteiger partial charge in [-0.15, -0.1) is 0 Å². The molecule has 0 saturated heterocycles. The van der Waals surface area contributed by atoms with Gasteiger partial charge in [-0.3, -0.25) is 4.79 Å². The van der Waals surface area contributed by atoms with E-state index in [1.165, 1.54) is 6.39 Å². The molecule has 1 aromatic heterocycles. The Balaban J connectivity index is 1.62. The highest BCUT2D eigenvalue weighted by molar-refractivity contribution is 5.94. The van der Waals surface area contributed by atoms with Gasteiger partial charge in [0.2, 0.25) is 0 Å². The highest BCUT2D eigenvalue weighted by Crippen LogP contribution is 2.19. The molecule has 24 heavy (non-hydrogen) atoms. The first-order valence-corrected chi connectivity index (χ1v) is 7.66. The van der Waals surface area contributed by atoms with E-state index in [-0.39, 0.29) is 12.5 Å². The van der Waals surface area contributed by atoms with Crippen molar-refractivity contribution in [1.29, 1.82) is 0 Å². The first kappa shape index (κ1) is 16.0. The summed E-state index contributed by atoms with van der Waals surface area (Å²) in [6.45, 7) is 2.09. The summed E-state index contributed by atoms with van der Waals surface area (Å²) in [5.41, 5.74) is 3.19. The predicted octanol–water partition coefficient (Wildman–Crippen LogP) is 3.11. The molecule has 0 aliphatic rings. The van der Waals surface area contributed by atoms with Gasteiger partial charge in [0.1, 0.15) is 0 Å². The van der Waals surface area contributed by atoms with Crippen LogP contribution in [0.3, 0.4) is 0 Å². The number of carbonyl (C=O) groups is 1. The third kappa shape index (κ3) is 3.52. The van der Waals surface area contributed by atoms with Gasteiger partial charge >= 0.3 is 0 Å². The fraction of sp³-hybridized carbons (Fsp3) is 0.158. The Labute approximate surface area is 140 Å². The van der Waals surface area contributed by atoms with Crippen LogP contribution in [-0.2, 0) is 0 Å². The Morgan fingerprint density at radius 2 is 1.96 bits per heavy atom. The molecule has 0 unspecified atom stereocenters.